The number of hydrogen-bond acceptors (Lipinski definition) is 4. The van der Waals surface area contributed by atoms with Gasteiger partial charge in [-0.05, 0) is 47.5 Å². The van der Waals surface area contributed by atoms with Crippen LogP contribution in [0.4, 0.5) is 0 Å². The number of nitrogens with zero attached hydrogens (tertiary/aromatic N) is 4. The van der Waals surface area contributed by atoms with E-state index >= 15 is 0 Å². The highest BCUT2D eigenvalue weighted by atomic mass is 16.3. The number of para-hydroxylation sites is 2. The smallest absolute Gasteiger partial charge is 0.164 e. The Labute approximate surface area is 323 Å². The standard InChI is InChI=1S/C45H33B5N4O/c46-37-36(38(47)40(49)41(50)39(37)48)26-18-20-29-28-14-7-8-16-32(28)54(34(29)23-26)33-17-9-15-30-31-22-27(19-21-35(31)55-42(30)33)45-52-43(24-10-3-1-4-11-24)51-44(53-45)25-12-5-2-6-13-25/h1-23H,46-50H2. The lowest BCUT2D eigenvalue weighted by atomic mass is 9.59. The largest absolute Gasteiger partial charge is 0.454 e. The van der Waals surface area contributed by atoms with Gasteiger partial charge in [0.15, 0.2) is 23.1 Å². The molecule has 0 saturated heterocycles. The van der Waals surface area contributed by atoms with Crippen LogP contribution < -0.4 is 27.3 Å². The molecule has 0 N–H and O–H groups in total. The first kappa shape index (κ1) is 33.1. The third kappa shape index (κ3) is 5.27. The van der Waals surface area contributed by atoms with Crippen molar-refractivity contribution in [1.82, 2.24) is 19.5 Å². The second-order valence-corrected chi connectivity index (χ2v) is 14.6. The van der Waals surface area contributed by atoms with Gasteiger partial charge in [-0.1, -0.05) is 114 Å². The summed E-state index contributed by atoms with van der Waals surface area (Å²) in [7, 11) is 11.2. The minimum atomic E-state index is 0.613. The predicted octanol–water partition coefficient (Wildman–Crippen LogP) is 2.83. The second-order valence-electron chi connectivity index (χ2n) is 14.6. The molecule has 0 saturated carbocycles. The molecule has 0 fully saturated rings. The second kappa shape index (κ2) is 12.8. The highest BCUT2D eigenvalue weighted by molar-refractivity contribution is 6.68. The van der Waals surface area contributed by atoms with Gasteiger partial charge in [-0.3, -0.25) is 0 Å². The van der Waals surface area contributed by atoms with Gasteiger partial charge in [0.1, 0.15) is 44.8 Å². The first-order chi connectivity index (χ1) is 26.9. The van der Waals surface area contributed by atoms with Crippen LogP contribution >= 0.6 is 0 Å². The molecule has 0 amide bonds. The molecule has 55 heavy (non-hydrogen) atoms. The van der Waals surface area contributed by atoms with Gasteiger partial charge < -0.3 is 8.98 Å². The minimum absolute atomic E-state index is 0.613. The molecule has 0 spiro atoms. The Morgan fingerprint density at radius 3 is 1.62 bits per heavy atom. The van der Waals surface area contributed by atoms with Crippen molar-refractivity contribution in [2.45, 2.75) is 0 Å². The molecular formula is C45H33B5N4O. The van der Waals surface area contributed by atoms with E-state index in [4.69, 9.17) is 19.4 Å². The number of furan rings is 1. The zero-order valence-corrected chi connectivity index (χ0v) is 31.5. The Bertz CT molecular complexity index is 3070. The van der Waals surface area contributed by atoms with E-state index in [-0.39, 0.29) is 0 Å². The predicted molar refractivity (Wildman–Crippen MR) is 244 cm³/mol. The van der Waals surface area contributed by atoms with Gasteiger partial charge in [-0.15, -0.1) is 16.4 Å². The molecule has 0 aliphatic heterocycles. The lowest BCUT2D eigenvalue weighted by Crippen LogP contribution is -2.55. The maximum absolute atomic E-state index is 6.81. The Kier molecular flexibility index (Phi) is 7.70. The van der Waals surface area contributed by atoms with Gasteiger partial charge in [-0.25, -0.2) is 15.0 Å². The molecule has 3 heterocycles. The molecular weight excluding hydrogens is 667 g/mol. The summed E-state index contributed by atoms with van der Waals surface area (Å²) in [6.45, 7) is 0. The molecule has 10 aromatic rings. The lowest BCUT2D eigenvalue weighted by molar-refractivity contribution is 0.666. The number of hydrogen-bond donors (Lipinski definition) is 0. The van der Waals surface area contributed by atoms with Crippen LogP contribution in [0.3, 0.4) is 0 Å². The van der Waals surface area contributed by atoms with Gasteiger partial charge in [0.2, 0.25) is 0 Å². The van der Waals surface area contributed by atoms with Crippen LogP contribution in [-0.2, 0) is 0 Å². The normalized spacial score (nSPS) is 11.6. The van der Waals surface area contributed by atoms with Crippen molar-refractivity contribution in [2.24, 2.45) is 0 Å². The molecule has 3 aromatic heterocycles. The molecule has 0 aliphatic carbocycles. The molecule has 5 nitrogen and oxygen atoms in total. The molecule has 254 valence electrons. The Hall–Kier alpha value is -6.53. The van der Waals surface area contributed by atoms with Crippen molar-refractivity contribution >= 4 is 110 Å². The van der Waals surface area contributed by atoms with Crippen LogP contribution in [0.2, 0.25) is 0 Å². The average Bonchev–Trinajstić information content (AvgIpc) is 3.78. The highest BCUT2D eigenvalue weighted by Gasteiger charge is 2.21. The minimum Gasteiger partial charge on any atom is -0.454 e. The van der Waals surface area contributed by atoms with E-state index in [1.54, 1.807) is 0 Å². The molecule has 0 atom stereocenters. The Morgan fingerprint density at radius 2 is 0.945 bits per heavy atom. The van der Waals surface area contributed by atoms with E-state index in [9.17, 15) is 0 Å². The number of fused-ring (bicyclic) bond motifs is 6. The van der Waals surface area contributed by atoms with E-state index in [1.807, 2.05) is 72.8 Å². The van der Waals surface area contributed by atoms with Crippen molar-refractivity contribution in [1.29, 1.82) is 0 Å². The molecule has 0 bridgehead atoms. The SMILES string of the molecule is Bc1c(B)c(B)c(-c2ccc3c4ccccc4n(-c4cccc5c4oc4ccc(-c6nc(-c7ccccc7)nc(-c7ccccc7)n6)cc45)c3c2)c(B)c1B. The zero-order valence-electron chi connectivity index (χ0n) is 31.5. The van der Waals surface area contributed by atoms with Crippen LogP contribution in [-0.4, -0.2) is 58.8 Å². The van der Waals surface area contributed by atoms with Crippen LogP contribution in [0.25, 0.3) is 94.7 Å². The van der Waals surface area contributed by atoms with Crippen LogP contribution in [0.5, 0.6) is 0 Å². The van der Waals surface area contributed by atoms with Crippen molar-refractivity contribution < 1.29 is 4.42 Å². The van der Waals surface area contributed by atoms with Crippen LogP contribution in [0.1, 0.15) is 0 Å². The van der Waals surface area contributed by atoms with E-state index in [0.717, 1.165) is 55.3 Å². The van der Waals surface area contributed by atoms with Crippen molar-refractivity contribution in [3.8, 4) is 51.0 Å². The maximum atomic E-state index is 6.81. The first-order valence-electron chi connectivity index (χ1n) is 18.8. The molecule has 0 radical (unpaired) electrons. The summed E-state index contributed by atoms with van der Waals surface area (Å²) in [5.74, 6) is 1.88. The fourth-order valence-corrected chi connectivity index (χ4v) is 8.36. The summed E-state index contributed by atoms with van der Waals surface area (Å²) in [5.41, 5.74) is 17.0. The van der Waals surface area contributed by atoms with E-state index < -0.39 is 0 Å². The van der Waals surface area contributed by atoms with Gasteiger partial charge in [0, 0.05) is 38.2 Å². The highest BCUT2D eigenvalue weighted by Crippen LogP contribution is 2.40. The molecule has 10 rings (SSSR count). The van der Waals surface area contributed by atoms with Crippen molar-refractivity contribution in [2.75, 3.05) is 0 Å². The summed E-state index contributed by atoms with van der Waals surface area (Å²) in [6.07, 6.45) is 0. The third-order valence-corrected chi connectivity index (χ3v) is 11.6. The van der Waals surface area contributed by atoms with Crippen molar-refractivity contribution in [3.05, 3.63) is 140 Å². The molecule has 0 unspecified atom stereocenters. The number of aromatic nitrogens is 4. The Balaban J connectivity index is 1.18. The summed E-state index contributed by atoms with van der Waals surface area (Å²) in [6, 6.07) is 48.5. The van der Waals surface area contributed by atoms with E-state index in [0.29, 0.717) is 17.5 Å². The molecule has 0 aliphatic rings. The number of benzene rings is 7. The van der Waals surface area contributed by atoms with Gasteiger partial charge >= 0.3 is 0 Å². The summed E-state index contributed by atoms with van der Waals surface area (Å²) < 4.78 is 9.18. The number of rotatable bonds is 5. The van der Waals surface area contributed by atoms with E-state index in [2.05, 4.69) is 111 Å². The monoisotopic (exact) mass is 700 g/mol. The van der Waals surface area contributed by atoms with Gasteiger partial charge in [0.25, 0.3) is 0 Å². The van der Waals surface area contributed by atoms with Crippen molar-refractivity contribution in [3.63, 3.8) is 0 Å². The summed E-state index contributed by atoms with van der Waals surface area (Å²) in [4.78, 5) is 14.9. The first-order valence-corrected chi connectivity index (χ1v) is 18.8. The topological polar surface area (TPSA) is 56.7 Å². The quantitative estimate of drug-likeness (QED) is 0.260. The van der Waals surface area contributed by atoms with Gasteiger partial charge in [0.05, 0.1) is 16.7 Å². The third-order valence-electron chi connectivity index (χ3n) is 11.6. The Morgan fingerprint density at radius 1 is 0.400 bits per heavy atom. The summed E-state index contributed by atoms with van der Waals surface area (Å²) in [5, 5.41) is 4.47. The van der Waals surface area contributed by atoms with Crippen LogP contribution in [0.15, 0.2) is 144 Å². The maximum Gasteiger partial charge on any atom is 0.164 e. The van der Waals surface area contributed by atoms with Gasteiger partial charge in [-0.2, -0.15) is 0 Å². The average molecular weight is 700 g/mol. The molecule has 7 aromatic carbocycles. The molecule has 10 heteroatoms. The fraction of sp³-hybridized carbons (Fsp3) is 0. The van der Waals surface area contributed by atoms with Crippen LogP contribution in [0, 0.1) is 0 Å². The zero-order chi connectivity index (χ0) is 37.4. The summed E-state index contributed by atoms with van der Waals surface area (Å²) >= 11 is 0. The fourth-order valence-electron chi connectivity index (χ4n) is 8.36. The lowest BCUT2D eigenvalue weighted by Gasteiger charge is -2.20. The van der Waals surface area contributed by atoms with E-state index in [1.165, 1.54) is 49.2 Å².